The Morgan fingerprint density at radius 3 is 2.77 bits per heavy atom. The Hall–Kier alpha value is -2.69. The molecule has 2 N–H and O–H groups in total. The van der Waals surface area contributed by atoms with Gasteiger partial charge in [0, 0.05) is 17.1 Å². The molecule has 0 unspecified atom stereocenters. The first-order chi connectivity index (χ1) is 10.5. The van der Waals surface area contributed by atoms with Crippen molar-refractivity contribution in [3.8, 4) is 11.3 Å². The highest BCUT2D eigenvalue weighted by atomic mass is 19.1. The number of hydrogen-bond acceptors (Lipinski definition) is 2. The molecule has 22 heavy (non-hydrogen) atoms. The maximum Gasteiger partial charge on any atom is 0.253 e. The highest BCUT2D eigenvalue weighted by Gasteiger charge is 2.36. The van der Waals surface area contributed by atoms with Crippen LogP contribution in [0.4, 0.5) is 4.39 Å². The van der Waals surface area contributed by atoms with Crippen molar-refractivity contribution in [2.75, 3.05) is 0 Å². The summed E-state index contributed by atoms with van der Waals surface area (Å²) in [6.45, 7) is 3.84. The van der Waals surface area contributed by atoms with Crippen LogP contribution in [0.5, 0.6) is 0 Å². The van der Waals surface area contributed by atoms with Crippen molar-refractivity contribution in [2.45, 2.75) is 19.4 Å². The Bertz CT molecular complexity index is 927. The molecule has 4 rings (SSSR count). The Kier molecular flexibility index (Phi) is 2.46. The van der Waals surface area contributed by atoms with Crippen LogP contribution >= 0.6 is 0 Å². The third kappa shape index (κ3) is 1.68. The topological polar surface area (TPSA) is 57.8 Å². The van der Waals surface area contributed by atoms with Crippen LogP contribution in [0.15, 0.2) is 36.5 Å². The van der Waals surface area contributed by atoms with Crippen LogP contribution in [0.1, 0.15) is 29.9 Å². The van der Waals surface area contributed by atoms with E-state index < -0.39 is 5.54 Å². The molecule has 1 aromatic carbocycles. The quantitative estimate of drug-likeness (QED) is 0.723. The lowest BCUT2D eigenvalue weighted by molar-refractivity contribution is 0.0940. The fourth-order valence-electron chi connectivity index (χ4n) is 3.01. The second-order valence-electron chi connectivity index (χ2n) is 6.04. The van der Waals surface area contributed by atoms with Gasteiger partial charge in [-0.05, 0) is 32.0 Å². The predicted molar refractivity (Wildman–Crippen MR) is 82.0 cm³/mol. The van der Waals surface area contributed by atoms with Crippen molar-refractivity contribution in [2.24, 2.45) is 0 Å². The minimum absolute atomic E-state index is 0.107. The molecular formula is C17H14FN3O. The van der Waals surface area contributed by atoms with Gasteiger partial charge in [0.25, 0.3) is 5.91 Å². The van der Waals surface area contributed by atoms with E-state index in [1.54, 1.807) is 24.4 Å². The largest absolute Gasteiger partial charge is 0.358 e. The molecule has 0 aliphatic carbocycles. The van der Waals surface area contributed by atoms with Gasteiger partial charge < -0.3 is 10.3 Å². The Morgan fingerprint density at radius 1 is 1.14 bits per heavy atom. The third-order valence-electron chi connectivity index (χ3n) is 4.10. The lowest BCUT2D eigenvalue weighted by Crippen LogP contribution is -2.33. The maximum absolute atomic E-state index is 13.8. The molecule has 2 aromatic heterocycles. The van der Waals surface area contributed by atoms with Crippen molar-refractivity contribution in [1.29, 1.82) is 0 Å². The van der Waals surface area contributed by atoms with Gasteiger partial charge in [-0.25, -0.2) is 9.37 Å². The molecule has 5 heteroatoms. The lowest BCUT2D eigenvalue weighted by Gasteiger charge is -2.18. The highest BCUT2D eigenvalue weighted by Crippen LogP contribution is 2.33. The second kappa shape index (κ2) is 4.16. The summed E-state index contributed by atoms with van der Waals surface area (Å²) in [4.78, 5) is 19.5. The van der Waals surface area contributed by atoms with Crippen molar-refractivity contribution < 1.29 is 9.18 Å². The van der Waals surface area contributed by atoms with Crippen LogP contribution in [0, 0.1) is 5.82 Å². The van der Waals surface area contributed by atoms with Gasteiger partial charge in [0.15, 0.2) is 0 Å². The van der Waals surface area contributed by atoms with Crippen LogP contribution < -0.4 is 5.32 Å². The number of pyridine rings is 1. The third-order valence-corrected chi connectivity index (χ3v) is 4.10. The highest BCUT2D eigenvalue weighted by molar-refractivity contribution is 6.00. The van der Waals surface area contributed by atoms with E-state index in [1.165, 1.54) is 6.07 Å². The SMILES string of the molecule is CC1(C)NC(=O)c2ccc(-c3c[nH]c4c(F)cccc34)nc21. The molecular weight excluding hydrogens is 281 g/mol. The molecule has 3 heterocycles. The maximum atomic E-state index is 13.8. The number of carbonyl (C=O) groups is 1. The molecule has 110 valence electrons. The Balaban J connectivity index is 1.94. The molecule has 1 amide bonds. The zero-order chi connectivity index (χ0) is 15.5. The minimum atomic E-state index is -0.500. The number of H-pyrrole nitrogens is 1. The van der Waals surface area contributed by atoms with Crippen LogP contribution in [-0.2, 0) is 5.54 Å². The first-order valence-corrected chi connectivity index (χ1v) is 7.07. The summed E-state index contributed by atoms with van der Waals surface area (Å²) in [6.07, 6.45) is 1.75. The monoisotopic (exact) mass is 295 g/mol. The molecule has 1 aliphatic rings. The lowest BCUT2D eigenvalue weighted by atomic mass is 9.99. The number of hydrogen-bond donors (Lipinski definition) is 2. The summed E-state index contributed by atoms with van der Waals surface area (Å²) in [5.74, 6) is -0.397. The van der Waals surface area contributed by atoms with Gasteiger partial charge in [0.05, 0.1) is 28.0 Å². The summed E-state index contributed by atoms with van der Waals surface area (Å²) in [5.41, 5.74) is 2.83. The molecule has 0 atom stereocenters. The molecule has 0 spiro atoms. The van der Waals surface area contributed by atoms with Crippen LogP contribution in [0.3, 0.4) is 0 Å². The molecule has 1 aliphatic heterocycles. The molecule has 0 radical (unpaired) electrons. The second-order valence-corrected chi connectivity index (χ2v) is 6.04. The van der Waals surface area contributed by atoms with Crippen LogP contribution in [0.2, 0.25) is 0 Å². The van der Waals surface area contributed by atoms with E-state index in [2.05, 4.69) is 15.3 Å². The zero-order valence-corrected chi connectivity index (χ0v) is 12.2. The standard InChI is InChI=1S/C17H14FN3O/c1-17(2)15-10(16(22)21-17)6-7-13(20-15)11-8-19-14-9(11)4-3-5-12(14)18/h3-8,19H,1-2H3,(H,21,22). The first-order valence-electron chi connectivity index (χ1n) is 7.07. The van der Waals surface area contributed by atoms with Gasteiger partial charge in [0.2, 0.25) is 0 Å². The van der Waals surface area contributed by atoms with E-state index in [0.29, 0.717) is 11.1 Å². The summed E-state index contributed by atoms with van der Waals surface area (Å²) in [5, 5.41) is 3.69. The average Bonchev–Trinajstić information content (AvgIpc) is 3.00. The van der Waals surface area contributed by atoms with E-state index in [0.717, 1.165) is 22.3 Å². The number of halogens is 1. The van der Waals surface area contributed by atoms with E-state index in [9.17, 15) is 9.18 Å². The number of aromatic nitrogens is 2. The number of benzene rings is 1. The van der Waals surface area contributed by atoms with Gasteiger partial charge in [-0.2, -0.15) is 0 Å². The van der Waals surface area contributed by atoms with E-state index in [-0.39, 0.29) is 11.7 Å². The summed E-state index contributed by atoms with van der Waals surface area (Å²) in [6, 6.07) is 8.53. The average molecular weight is 295 g/mol. The first kappa shape index (κ1) is 13.0. The van der Waals surface area contributed by atoms with E-state index in [1.807, 2.05) is 19.9 Å². The van der Waals surface area contributed by atoms with Gasteiger partial charge >= 0.3 is 0 Å². The molecule has 4 nitrogen and oxygen atoms in total. The predicted octanol–water partition coefficient (Wildman–Crippen LogP) is 3.35. The van der Waals surface area contributed by atoms with Gasteiger partial charge in [-0.15, -0.1) is 0 Å². The summed E-state index contributed by atoms with van der Waals surface area (Å²) >= 11 is 0. The number of carbonyl (C=O) groups excluding carboxylic acids is 1. The van der Waals surface area contributed by atoms with Gasteiger partial charge in [-0.3, -0.25) is 4.79 Å². The number of nitrogens with zero attached hydrogens (tertiary/aromatic N) is 1. The zero-order valence-electron chi connectivity index (χ0n) is 12.2. The Labute approximate surface area is 126 Å². The van der Waals surface area contributed by atoms with Crippen molar-refractivity contribution >= 4 is 16.8 Å². The van der Waals surface area contributed by atoms with E-state index in [4.69, 9.17) is 0 Å². The smallest absolute Gasteiger partial charge is 0.253 e. The van der Waals surface area contributed by atoms with E-state index >= 15 is 0 Å². The van der Waals surface area contributed by atoms with Crippen LogP contribution in [0.25, 0.3) is 22.2 Å². The number of nitrogens with one attached hydrogen (secondary N) is 2. The molecule has 0 fully saturated rings. The van der Waals surface area contributed by atoms with Crippen molar-refractivity contribution in [1.82, 2.24) is 15.3 Å². The number of rotatable bonds is 1. The molecule has 0 bridgehead atoms. The molecule has 0 saturated carbocycles. The number of para-hydroxylation sites is 1. The van der Waals surface area contributed by atoms with Crippen molar-refractivity contribution in [3.05, 3.63) is 53.6 Å². The fourth-order valence-corrected chi connectivity index (χ4v) is 3.01. The van der Waals surface area contributed by atoms with Gasteiger partial charge in [0.1, 0.15) is 5.82 Å². The minimum Gasteiger partial charge on any atom is -0.358 e. The summed E-state index contributed by atoms with van der Waals surface area (Å²) in [7, 11) is 0. The number of aromatic amines is 1. The molecule has 0 saturated heterocycles. The Morgan fingerprint density at radius 2 is 1.95 bits per heavy atom. The number of amides is 1. The summed E-state index contributed by atoms with van der Waals surface area (Å²) < 4.78 is 13.8. The normalized spacial score (nSPS) is 15.9. The van der Waals surface area contributed by atoms with Gasteiger partial charge in [-0.1, -0.05) is 12.1 Å². The fraction of sp³-hybridized carbons (Fsp3) is 0.176. The van der Waals surface area contributed by atoms with Crippen molar-refractivity contribution in [3.63, 3.8) is 0 Å². The number of fused-ring (bicyclic) bond motifs is 2. The van der Waals surface area contributed by atoms with Crippen LogP contribution in [-0.4, -0.2) is 15.9 Å². The molecule has 3 aromatic rings.